The average Bonchev–Trinajstić information content (AvgIpc) is 2.64. The Bertz CT molecular complexity index is 772. The Morgan fingerprint density at radius 3 is 2.46 bits per heavy atom. The Morgan fingerprint density at radius 2 is 1.79 bits per heavy atom. The Labute approximate surface area is 175 Å². The molecule has 0 unspecified atom stereocenters. The topological polar surface area (TPSA) is 39.7 Å². The standard InChI is InChI=1S/C21H26Cl2FNO3/c1-14(2)27-8-4-7-25-12-16-9-20(26-3)21(11-19(16)23)28-13-15-5-6-17(24)10-18(15)22/h5-6,9-11,14,25H,4,7-8,12-13H2,1-3H3. The second-order valence-corrected chi connectivity index (χ2v) is 7.38. The van der Waals surface area contributed by atoms with Crippen LogP contribution in [0.2, 0.25) is 10.0 Å². The highest BCUT2D eigenvalue weighted by molar-refractivity contribution is 6.31. The molecule has 0 saturated heterocycles. The molecule has 4 nitrogen and oxygen atoms in total. The molecule has 7 heteroatoms. The smallest absolute Gasteiger partial charge is 0.163 e. The van der Waals surface area contributed by atoms with Crippen molar-refractivity contribution in [2.24, 2.45) is 0 Å². The molecular weight excluding hydrogens is 404 g/mol. The first-order valence-electron chi connectivity index (χ1n) is 9.16. The summed E-state index contributed by atoms with van der Waals surface area (Å²) in [4.78, 5) is 0. The van der Waals surface area contributed by atoms with Gasteiger partial charge in [0.2, 0.25) is 0 Å². The van der Waals surface area contributed by atoms with Crippen LogP contribution in [-0.2, 0) is 17.9 Å². The highest BCUT2D eigenvalue weighted by atomic mass is 35.5. The van der Waals surface area contributed by atoms with Crippen LogP contribution >= 0.6 is 23.2 Å². The van der Waals surface area contributed by atoms with Crippen molar-refractivity contribution < 1.29 is 18.6 Å². The van der Waals surface area contributed by atoms with Crippen molar-refractivity contribution in [2.75, 3.05) is 20.3 Å². The minimum absolute atomic E-state index is 0.180. The van der Waals surface area contributed by atoms with Gasteiger partial charge in [-0.25, -0.2) is 4.39 Å². The van der Waals surface area contributed by atoms with Crippen LogP contribution in [0, 0.1) is 5.82 Å². The van der Waals surface area contributed by atoms with Crippen molar-refractivity contribution in [1.82, 2.24) is 5.32 Å². The zero-order valence-electron chi connectivity index (χ0n) is 16.4. The fourth-order valence-corrected chi connectivity index (χ4v) is 2.96. The molecule has 0 atom stereocenters. The molecule has 0 aliphatic rings. The van der Waals surface area contributed by atoms with Crippen molar-refractivity contribution >= 4 is 23.2 Å². The molecule has 0 fully saturated rings. The maximum absolute atomic E-state index is 13.2. The fourth-order valence-electron chi connectivity index (χ4n) is 2.52. The number of nitrogens with one attached hydrogen (secondary N) is 1. The van der Waals surface area contributed by atoms with Crippen LogP contribution in [0.15, 0.2) is 30.3 Å². The predicted molar refractivity (Wildman–Crippen MR) is 111 cm³/mol. The number of halogens is 3. The highest BCUT2D eigenvalue weighted by Crippen LogP contribution is 2.34. The van der Waals surface area contributed by atoms with E-state index in [0.717, 1.165) is 25.1 Å². The molecule has 2 aromatic carbocycles. The summed E-state index contributed by atoms with van der Waals surface area (Å²) in [6.07, 6.45) is 1.17. The third-order valence-corrected chi connectivity index (χ3v) is 4.70. The summed E-state index contributed by atoms with van der Waals surface area (Å²) < 4.78 is 29.9. The van der Waals surface area contributed by atoms with Gasteiger partial charge >= 0.3 is 0 Å². The lowest BCUT2D eigenvalue weighted by atomic mass is 10.2. The summed E-state index contributed by atoms with van der Waals surface area (Å²) in [6, 6.07) is 7.76. The second-order valence-electron chi connectivity index (χ2n) is 6.57. The zero-order valence-corrected chi connectivity index (χ0v) is 17.9. The maximum Gasteiger partial charge on any atom is 0.163 e. The van der Waals surface area contributed by atoms with Gasteiger partial charge in [-0.1, -0.05) is 29.3 Å². The molecular formula is C21H26Cl2FNO3. The Hall–Kier alpha value is -1.53. The van der Waals surface area contributed by atoms with Gasteiger partial charge < -0.3 is 19.5 Å². The lowest BCUT2D eigenvalue weighted by Crippen LogP contribution is -2.17. The molecule has 154 valence electrons. The summed E-state index contributed by atoms with van der Waals surface area (Å²) in [5.41, 5.74) is 1.59. The number of hydrogen-bond donors (Lipinski definition) is 1. The Kier molecular flexibility index (Phi) is 9.32. The quantitative estimate of drug-likeness (QED) is 0.470. The highest BCUT2D eigenvalue weighted by Gasteiger charge is 2.12. The van der Waals surface area contributed by atoms with Crippen LogP contribution in [0.3, 0.4) is 0 Å². The Balaban J connectivity index is 1.94. The van der Waals surface area contributed by atoms with Crippen molar-refractivity contribution in [2.45, 2.75) is 39.5 Å². The summed E-state index contributed by atoms with van der Waals surface area (Å²) in [7, 11) is 1.57. The number of methoxy groups -OCH3 is 1. The third kappa shape index (κ3) is 7.13. The number of benzene rings is 2. The van der Waals surface area contributed by atoms with Crippen LogP contribution in [0.1, 0.15) is 31.4 Å². The number of ether oxygens (including phenoxy) is 3. The van der Waals surface area contributed by atoms with Gasteiger partial charge in [0.25, 0.3) is 0 Å². The van der Waals surface area contributed by atoms with Crippen LogP contribution in [0.25, 0.3) is 0 Å². The first-order chi connectivity index (χ1) is 13.4. The van der Waals surface area contributed by atoms with Gasteiger partial charge in [-0.3, -0.25) is 0 Å². The lowest BCUT2D eigenvalue weighted by molar-refractivity contribution is 0.0770. The third-order valence-electron chi connectivity index (χ3n) is 4.00. The van der Waals surface area contributed by atoms with E-state index in [1.54, 1.807) is 19.2 Å². The average molecular weight is 430 g/mol. The van der Waals surface area contributed by atoms with Gasteiger partial charge in [0.15, 0.2) is 11.5 Å². The molecule has 0 radical (unpaired) electrons. The van der Waals surface area contributed by atoms with E-state index in [4.69, 9.17) is 37.4 Å². The van der Waals surface area contributed by atoms with Gasteiger partial charge in [-0.2, -0.15) is 0 Å². The van der Waals surface area contributed by atoms with Crippen molar-refractivity contribution in [3.8, 4) is 11.5 Å². The van der Waals surface area contributed by atoms with Gasteiger partial charge in [0.05, 0.1) is 18.2 Å². The fraction of sp³-hybridized carbons (Fsp3) is 0.429. The molecule has 0 aliphatic carbocycles. The Morgan fingerprint density at radius 1 is 1.04 bits per heavy atom. The van der Waals surface area contributed by atoms with Gasteiger partial charge in [0, 0.05) is 29.8 Å². The molecule has 0 spiro atoms. The molecule has 0 amide bonds. The monoisotopic (exact) mass is 429 g/mol. The zero-order chi connectivity index (χ0) is 20.5. The molecule has 0 aromatic heterocycles. The normalized spacial score (nSPS) is 11.1. The molecule has 0 heterocycles. The molecule has 0 saturated carbocycles. The SMILES string of the molecule is COc1cc(CNCCCOC(C)C)c(Cl)cc1OCc1ccc(F)cc1Cl. The van der Waals surface area contributed by atoms with E-state index in [1.165, 1.54) is 12.1 Å². The first-order valence-corrected chi connectivity index (χ1v) is 9.91. The predicted octanol–water partition coefficient (Wildman–Crippen LogP) is 5.62. The van der Waals surface area contributed by atoms with E-state index in [9.17, 15) is 4.39 Å². The molecule has 0 bridgehead atoms. The van der Waals surface area contributed by atoms with E-state index >= 15 is 0 Å². The summed E-state index contributed by atoms with van der Waals surface area (Å²) in [6.45, 7) is 6.38. The van der Waals surface area contributed by atoms with Crippen molar-refractivity contribution in [1.29, 1.82) is 0 Å². The van der Waals surface area contributed by atoms with Crippen LogP contribution in [-0.4, -0.2) is 26.4 Å². The second kappa shape index (κ2) is 11.5. The number of rotatable bonds is 11. The molecule has 2 rings (SSSR count). The molecule has 1 N–H and O–H groups in total. The van der Waals surface area contributed by atoms with E-state index in [2.05, 4.69) is 5.32 Å². The van der Waals surface area contributed by atoms with Gasteiger partial charge in [-0.05, 0) is 50.6 Å². The minimum Gasteiger partial charge on any atom is -0.493 e. The van der Waals surface area contributed by atoms with E-state index in [-0.39, 0.29) is 18.5 Å². The van der Waals surface area contributed by atoms with E-state index in [1.807, 2.05) is 19.9 Å². The molecule has 2 aromatic rings. The number of hydrogen-bond acceptors (Lipinski definition) is 4. The van der Waals surface area contributed by atoms with E-state index in [0.29, 0.717) is 33.7 Å². The van der Waals surface area contributed by atoms with Crippen LogP contribution < -0.4 is 14.8 Å². The van der Waals surface area contributed by atoms with Crippen molar-refractivity contribution in [3.05, 3.63) is 57.3 Å². The van der Waals surface area contributed by atoms with Crippen LogP contribution in [0.4, 0.5) is 4.39 Å². The molecule has 28 heavy (non-hydrogen) atoms. The molecule has 0 aliphatic heterocycles. The van der Waals surface area contributed by atoms with Crippen LogP contribution in [0.5, 0.6) is 11.5 Å². The largest absolute Gasteiger partial charge is 0.493 e. The van der Waals surface area contributed by atoms with Gasteiger partial charge in [-0.15, -0.1) is 0 Å². The summed E-state index contributed by atoms with van der Waals surface area (Å²) >= 11 is 12.4. The maximum atomic E-state index is 13.2. The summed E-state index contributed by atoms with van der Waals surface area (Å²) in [5, 5.41) is 4.23. The summed E-state index contributed by atoms with van der Waals surface area (Å²) in [5.74, 6) is 0.687. The van der Waals surface area contributed by atoms with Crippen molar-refractivity contribution in [3.63, 3.8) is 0 Å². The van der Waals surface area contributed by atoms with Gasteiger partial charge in [0.1, 0.15) is 12.4 Å². The van der Waals surface area contributed by atoms with E-state index < -0.39 is 0 Å². The minimum atomic E-state index is -0.387. The lowest BCUT2D eigenvalue weighted by Gasteiger charge is -2.15. The first kappa shape index (κ1) is 22.8.